The number of hydrogen-bond acceptors (Lipinski definition) is 4. The molecule has 31 heavy (non-hydrogen) atoms. The lowest BCUT2D eigenvalue weighted by molar-refractivity contribution is -0.123. The van der Waals surface area contributed by atoms with Gasteiger partial charge in [-0.1, -0.05) is 60.7 Å². The zero-order valence-corrected chi connectivity index (χ0v) is 17.8. The Bertz CT molecular complexity index is 977. The first kappa shape index (κ1) is 21.3. The number of amides is 1. The van der Waals surface area contributed by atoms with Crippen LogP contribution in [0.15, 0.2) is 72.8 Å². The minimum absolute atomic E-state index is 0.0422. The summed E-state index contributed by atoms with van der Waals surface area (Å²) in [5, 5.41) is 5.23. The number of benzene rings is 3. The Hall–Kier alpha value is -2.89. The first-order valence-electron chi connectivity index (χ1n) is 11.1. The molecule has 1 heterocycles. The number of nitrogens with one attached hydrogen (secondary N) is 1. The third kappa shape index (κ3) is 6.29. The summed E-state index contributed by atoms with van der Waals surface area (Å²) in [5.74, 6) is 0.637. The van der Waals surface area contributed by atoms with Crippen LogP contribution in [-0.2, 0) is 9.53 Å². The topological polar surface area (TPSA) is 50.8 Å². The van der Waals surface area contributed by atoms with Gasteiger partial charge in [0.25, 0.3) is 5.91 Å². The average molecular weight is 419 g/mol. The minimum Gasteiger partial charge on any atom is -0.484 e. The van der Waals surface area contributed by atoms with E-state index < -0.39 is 0 Å². The van der Waals surface area contributed by atoms with Gasteiger partial charge in [-0.3, -0.25) is 9.69 Å². The first-order chi connectivity index (χ1) is 15.3. The zero-order valence-electron chi connectivity index (χ0n) is 17.8. The van der Waals surface area contributed by atoms with Gasteiger partial charge in [0.2, 0.25) is 0 Å². The van der Waals surface area contributed by atoms with E-state index in [2.05, 4.69) is 40.5 Å². The fraction of sp³-hybridized carbons (Fsp3) is 0.346. The van der Waals surface area contributed by atoms with Crippen molar-refractivity contribution in [2.24, 2.45) is 0 Å². The minimum atomic E-state index is -0.0799. The predicted octanol–water partition coefficient (Wildman–Crippen LogP) is 4.19. The van der Waals surface area contributed by atoms with Crippen LogP contribution in [0.4, 0.5) is 0 Å². The van der Waals surface area contributed by atoms with Gasteiger partial charge in [0.15, 0.2) is 6.61 Å². The second-order valence-corrected chi connectivity index (χ2v) is 7.93. The van der Waals surface area contributed by atoms with Crippen LogP contribution in [0, 0.1) is 0 Å². The summed E-state index contributed by atoms with van der Waals surface area (Å²) in [5.41, 5.74) is 1.24. The van der Waals surface area contributed by atoms with Crippen molar-refractivity contribution in [3.05, 3.63) is 78.4 Å². The number of unbranched alkanes of at least 4 members (excludes halogenated alkanes) is 1. The number of hydrogen-bond donors (Lipinski definition) is 1. The van der Waals surface area contributed by atoms with Crippen LogP contribution in [0.2, 0.25) is 0 Å². The largest absolute Gasteiger partial charge is 0.484 e. The van der Waals surface area contributed by atoms with Crippen LogP contribution in [0.1, 0.15) is 24.5 Å². The lowest BCUT2D eigenvalue weighted by Gasteiger charge is -2.33. The SMILES string of the molecule is O=C(COc1ccc2ccccc2c1)NCCCCN1CCOC(c2ccccc2)C1. The highest BCUT2D eigenvalue weighted by Crippen LogP contribution is 2.22. The molecule has 3 aromatic carbocycles. The van der Waals surface area contributed by atoms with E-state index in [0.29, 0.717) is 12.3 Å². The highest BCUT2D eigenvalue weighted by Gasteiger charge is 2.21. The molecule has 0 aliphatic carbocycles. The van der Waals surface area contributed by atoms with Gasteiger partial charge in [0.05, 0.1) is 12.7 Å². The van der Waals surface area contributed by atoms with Crippen LogP contribution >= 0.6 is 0 Å². The van der Waals surface area contributed by atoms with Crippen LogP contribution < -0.4 is 10.1 Å². The van der Waals surface area contributed by atoms with Gasteiger partial charge in [-0.05, 0) is 47.9 Å². The van der Waals surface area contributed by atoms with E-state index in [1.54, 1.807) is 0 Å². The molecule has 5 heteroatoms. The molecular weight excluding hydrogens is 388 g/mol. The fourth-order valence-corrected chi connectivity index (χ4v) is 3.92. The van der Waals surface area contributed by atoms with E-state index in [9.17, 15) is 4.79 Å². The summed E-state index contributed by atoms with van der Waals surface area (Å²) in [6.45, 7) is 4.40. The molecule has 1 unspecified atom stereocenters. The molecule has 0 radical (unpaired) electrons. The number of ether oxygens (including phenoxy) is 2. The molecule has 3 aromatic rings. The third-order valence-electron chi connectivity index (χ3n) is 5.64. The molecule has 1 fully saturated rings. The van der Waals surface area contributed by atoms with Crippen molar-refractivity contribution in [1.29, 1.82) is 0 Å². The van der Waals surface area contributed by atoms with Crippen LogP contribution in [-0.4, -0.2) is 50.2 Å². The standard InChI is InChI=1S/C26H30N2O3/c29-26(20-31-24-13-12-21-8-4-5-11-23(21)18-24)27-14-6-7-15-28-16-17-30-25(19-28)22-9-2-1-3-10-22/h1-5,8-13,18,25H,6-7,14-17,19-20H2,(H,27,29). The summed E-state index contributed by atoms with van der Waals surface area (Å²) in [4.78, 5) is 14.5. The Balaban J connectivity index is 1.11. The molecule has 1 N–H and O–H groups in total. The van der Waals surface area contributed by atoms with Gasteiger partial charge < -0.3 is 14.8 Å². The molecule has 162 valence electrons. The van der Waals surface area contributed by atoms with Crippen molar-refractivity contribution in [3.63, 3.8) is 0 Å². The lowest BCUT2D eigenvalue weighted by atomic mass is 10.1. The van der Waals surface area contributed by atoms with Gasteiger partial charge in [0, 0.05) is 19.6 Å². The highest BCUT2D eigenvalue weighted by molar-refractivity contribution is 5.84. The Labute approximate surface area is 184 Å². The molecule has 1 aliphatic rings. The zero-order chi connectivity index (χ0) is 21.3. The van der Waals surface area contributed by atoms with Gasteiger partial charge in [-0.15, -0.1) is 0 Å². The maximum Gasteiger partial charge on any atom is 0.257 e. The molecule has 0 bridgehead atoms. The Kier molecular flexibility index (Phi) is 7.53. The summed E-state index contributed by atoms with van der Waals surface area (Å²) in [6.07, 6.45) is 2.16. The number of fused-ring (bicyclic) bond motifs is 1. The van der Waals surface area contributed by atoms with E-state index in [1.807, 2.05) is 42.5 Å². The first-order valence-corrected chi connectivity index (χ1v) is 11.1. The summed E-state index contributed by atoms with van der Waals surface area (Å²) < 4.78 is 11.6. The second kappa shape index (κ2) is 10.9. The van der Waals surface area contributed by atoms with Crippen molar-refractivity contribution >= 4 is 16.7 Å². The number of morpholine rings is 1. The maximum absolute atomic E-state index is 12.1. The predicted molar refractivity (Wildman–Crippen MR) is 123 cm³/mol. The monoisotopic (exact) mass is 418 g/mol. The normalized spacial score (nSPS) is 16.8. The smallest absolute Gasteiger partial charge is 0.257 e. The third-order valence-corrected chi connectivity index (χ3v) is 5.64. The van der Waals surface area contributed by atoms with E-state index in [1.165, 1.54) is 5.56 Å². The van der Waals surface area contributed by atoms with Gasteiger partial charge in [-0.2, -0.15) is 0 Å². The van der Waals surface area contributed by atoms with Crippen LogP contribution in [0.5, 0.6) is 5.75 Å². The van der Waals surface area contributed by atoms with E-state index in [4.69, 9.17) is 9.47 Å². The molecule has 4 rings (SSSR count). The molecule has 0 aromatic heterocycles. The van der Waals surface area contributed by atoms with Gasteiger partial charge in [0.1, 0.15) is 5.75 Å². The molecule has 1 amide bonds. The summed E-state index contributed by atoms with van der Waals surface area (Å²) >= 11 is 0. The highest BCUT2D eigenvalue weighted by atomic mass is 16.5. The van der Waals surface area contributed by atoms with Crippen molar-refractivity contribution < 1.29 is 14.3 Å². The van der Waals surface area contributed by atoms with Crippen LogP contribution in [0.3, 0.4) is 0 Å². The Morgan fingerprint density at radius 2 is 1.81 bits per heavy atom. The maximum atomic E-state index is 12.1. The number of nitrogens with zero attached hydrogens (tertiary/aromatic N) is 1. The summed E-state index contributed by atoms with van der Waals surface area (Å²) in [7, 11) is 0. The van der Waals surface area contributed by atoms with Crippen molar-refractivity contribution in [3.8, 4) is 5.75 Å². The van der Waals surface area contributed by atoms with E-state index in [-0.39, 0.29) is 18.6 Å². The molecule has 1 atom stereocenters. The molecular formula is C26H30N2O3. The molecule has 0 spiro atoms. The quantitative estimate of drug-likeness (QED) is 0.530. The molecule has 0 saturated carbocycles. The second-order valence-electron chi connectivity index (χ2n) is 7.93. The van der Waals surface area contributed by atoms with Gasteiger partial charge >= 0.3 is 0 Å². The molecule has 5 nitrogen and oxygen atoms in total. The number of rotatable bonds is 9. The Morgan fingerprint density at radius 1 is 1.00 bits per heavy atom. The van der Waals surface area contributed by atoms with Crippen molar-refractivity contribution in [2.45, 2.75) is 18.9 Å². The fourth-order valence-electron chi connectivity index (χ4n) is 3.92. The van der Waals surface area contributed by atoms with Gasteiger partial charge in [-0.25, -0.2) is 0 Å². The van der Waals surface area contributed by atoms with E-state index >= 15 is 0 Å². The molecule has 1 saturated heterocycles. The van der Waals surface area contributed by atoms with Crippen molar-refractivity contribution in [2.75, 3.05) is 39.4 Å². The number of carbonyl (C=O) groups is 1. The Morgan fingerprint density at radius 3 is 2.68 bits per heavy atom. The van der Waals surface area contributed by atoms with Crippen molar-refractivity contribution in [1.82, 2.24) is 10.2 Å². The molecule has 1 aliphatic heterocycles. The van der Waals surface area contributed by atoms with E-state index in [0.717, 1.165) is 49.9 Å². The van der Waals surface area contributed by atoms with Crippen LogP contribution in [0.25, 0.3) is 10.8 Å². The lowest BCUT2D eigenvalue weighted by Crippen LogP contribution is -2.39. The average Bonchev–Trinajstić information content (AvgIpc) is 2.83. The summed E-state index contributed by atoms with van der Waals surface area (Å²) in [6, 6.07) is 24.4. The number of carbonyl (C=O) groups excluding carboxylic acids is 1.